The zero-order chi connectivity index (χ0) is 27.6. The maximum Gasteiger partial charge on any atom is 0.275 e. The van der Waals surface area contributed by atoms with Crippen LogP contribution < -0.4 is 11.1 Å². The van der Waals surface area contributed by atoms with Gasteiger partial charge in [-0.25, -0.2) is 12.4 Å². The molecule has 198 valence electrons. The molecule has 0 spiro atoms. The zero-order valence-electron chi connectivity index (χ0n) is 21.4. The Labute approximate surface area is 229 Å². The number of rotatable bonds is 4. The van der Waals surface area contributed by atoms with Crippen LogP contribution in [0.5, 0.6) is 0 Å². The van der Waals surface area contributed by atoms with Crippen LogP contribution in [0, 0.1) is 6.92 Å². The molecule has 0 bridgehead atoms. The zero-order valence-corrected chi connectivity index (χ0v) is 23.0. The molecule has 0 aliphatic carbocycles. The number of aromatic nitrogens is 3. The van der Waals surface area contributed by atoms with Gasteiger partial charge in [0.25, 0.3) is 21.1 Å². The van der Waals surface area contributed by atoms with E-state index in [2.05, 4.69) is 0 Å². The fraction of sp³-hybridized carbons (Fsp3) is 0.172. The second-order valence-corrected chi connectivity index (χ2v) is 11.9. The molecule has 0 unspecified atom stereocenters. The Morgan fingerprint density at radius 3 is 2.31 bits per heavy atom. The lowest BCUT2D eigenvalue weighted by Crippen LogP contribution is -2.23. The Morgan fingerprint density at radius 2 is 1.56 bits per heavy atom. The van der Waals surface area contributed by atoms with Crippen molar-refractivity contribution in [2.45, 2.75) is 25.0 Å². The van der Waals surface area contributed by atoms with Crippen molar-refractivity contribution in [1.29, 1.82) is 0 Å². The van der Waals surface area contributed by atoms with Gasteiger partial charge in [-0.15, -0.1) is 0 Å². The van der Waals surface area contributed by atoms with Crippen LogP contribution in [-0.2, 0) is 42.1 Å². The minimum absolute atomic E-state index is 0.00840. The fourth-order valence-corrected chi connectivity index (χ4v) is 7.00. The first-order valence-electron chi connectivity index (χ1n) is 12.2. The third kappa shape index (κ3) is 3.96. The van der Waals surface area contributed by atoms with Crippen LogP contribution in [0.4, 0.5) is 0 Å². The lowest BCUT2D eigenvalue weighted by molar-refractivity contribution is 0.134. The lowest BCUT2D eigenvalue weighted by Gasteiger charge is -2.16. The molecule has 0 amide bonds. The first-order valence-corrected chi connectivity index (χ1v) is 14.0. The number of nitrogens with zero attached hydrogens (tertiary/aromatic N) is 3. The van der Waals surface area contributed by atoms with Crippen LogP contribution in [-0.4, -0.2) is 21.5 Å². The normalized spacial score (nSPS) is 13.2. The molecule has 4 heterocycles. The smallest absolute Gasteiger partial charge is 0.275 e. The van der Waals surface area contributed by atoms with Gasteiger partial charge in [-0.1, -0.05) is 47.5 Å². The molecule has 39 heavy (non-hydrogen) atoms. The monoisotopic (exact) mass is 561 g/mol. The fourth-order valence-electron chi connectivity index (χ4n) is 5.15. The lowest BCUT2D eigenvalue weighted by atomic mass is 9.91. The number of hydrogen-bond acceptors (Lipinski definition) is 5. The number of hydrogen-bond donors (Lipinski definition) is 0. The Morgan fingerprint density at radius 1 is 0.846 bits per heavy atom. The molecular formula is C29H24ClN3O5S. The molecule has 1 aliphatic heterocycles. The van der Waals surface area contributed by atoms with Crippen molar-refractivity contribution < 1.29 is 13.2 Å². The average molecular weight is 562 g/mol. The van der Waals surface area contributed by atoms with Gasteiger partial charge in [0, 0.05) is 49.1 Å². The van der Waals surface area contributed by atoms with E-state index in [4.69, 9.17) is 16.3 Å². The van der Waals surface area contributed by atoms with E-state index in [1.54, 1.807) is 38.6 Å². The highest BCUT2D eigenvalue weighted by Gasteiger charge is 2.28. The maximum atomic E-state index is 13.7. The molecule has 1 aliphatic rings. The predicted octanol–water partition coefficient (Wildman–Crippen LogP) is 4.60. The second kappa shape index (κ2) is 9.08. The number of ether oxygens (including phenoxy) is 1. The summed E-state index contributed by atoms with van der Waals surface area (Å²) in [6.07, 6.45) is 3.37. The van der Waals surface area contributed by atoms with Crippen molar-refractivity contribution in [2.24, 2.45) is 14.1 Å². The molecule has 8 nitrogen and oxygen atoms in total. The summed E-state index contributed by atoms with van der Waals surface area (Å²) in [7, 11) is -0.985. The molecule has 0 fully saturated rings. The minimum atomic E-state index is -4.20. The van der Waals surface area contributed by atoms with Crippen LogP contribution in [0.15, 0.2) is 81.5 Å². The molecule has 6 rings (SSSR count). The van der Waals surface area contributed by atoms with Crippen molar-refractivity contribution in [3.05, 3.63) is 110 Å². The largest absolute Gasteiger partial charge is 0.372 e. The van der Waals surface area contributed by atoms with Crippen LogP contribution in [0.1, 0.15) is 16.7 Å². The maximum absolute atomic E-state index is 13.7. The number of aryl methyl sites for hydroxylation is 3. The number of halogens is 1. The Kier molecular flexibility index (Phi) is 5.91. The van der Waals surface area contributed by atoms with Crippen LogP contribution >= 0.6 is 11.6 Å². The van der Waals surface area contributed by atoms with E-state index < -0.39 is 15.6 Å². The first-order chi connectivity index (χ1) is 18.6. The van der Waals surface area contributed by atoms with E-state index >= 15 is 0 Å². The molecule has 0 saturated carbocycles. The van der Waals surface area contributed by atoms with E-state index in [1.807, 2.05) is 25.1 Å². The summed E-state index contributed by atoms with van der Waals surface area (Å²) in [5.41, 5.74) is 4.83. The van der Waals surface area contributed by atoms with Gasteiger partial charge < -0.3 is 13.9 Å². The van der Waals surface area contributed by atoms with E-state index in [0.29, 0.717) is 29.7 Å². The summed E-state index contributed by atoms with van der Waals surface area (Å²) in [5.74, 6) is 0. The predicted molar refractivity (Wildman–Crippen MR) is 151 cm³/mol. The van der Waals surface area contributed by atoms with E-state index in [0.717, 1.165) is 31.8 Å². The molecule has 0 N–H and O–H groups in total. The van der Waals surface area contributed by atoms with Gasteiger partial charge >= 0.3 is 0 Å². The SMILES string of the molecule is Cc1ccc(S(=O)(=O)n2c(Cl)cc3c(-c4cc(=O)n(C)cc4-c4cccc5c4COC5)cn(C)c(=O)c32)cc1. The van der Waals surface area contributed by atoms with Gasteiger partial charge in [0.15, 0.2) is 0 Å². The Bertz CT molecular complexity index is 2040. The molecule has 2 aromatic carbocycles. The second-order valence-electron chi connectivity index (χ2n) is 9.76. The number of pyridine rings is 2. The van der Waals surface area contributed by atoms with Crippen molar-refractivity contribution in [3.8, 4) is 22.3 Å². The Balaban J connectivity index is 1.69. The summed E-state index contributed by atoms with van der Waals surface area (Å²) in [5, 5.41) is 0.201. The standard InChI is InChI=1S/C29H24ClN3O5S/c1-17-7-9-19(10-8-17)39(36,37)33-26(30)11-22-24(14-32(3)29(35)28(22)33)21-12-27(34)31(2)13-23(21)20-6-4-5-18-15-38-16-25(18)20/h4-14H,15-16H2,1-3H3. The van der Waals surface area contributed by atoms with Gasteiger partial charge in [-0.05, 0) is 47.4 Å². The number of benzene rings is 2. The highest BCUT2D eigenvalue weighted by atomic mass is 35.5. The van der Waals surface area contributed by atoms with Gasteiger partial charge in [-0.3, -0.25) is 9.59 Å². The summed E-state index contributed by atoms with van der Waals surface area (Å²) in [4.78, 5) is 26.4. The van der Waals surface area contributed by atoms with Crippen molar-refractivity contribution in [2.75, 3.05) is 0 Å². The van der Waals surface area contributed by atoms with Gasteiger partial charge in [0.1, 0.15) is 10.7 Å². The van der Waals surface area contributed by atoms with Gasteiger partial charge in [0.05, 0.1) is 18.1 Å². The molecule has 5 aromatic rings. The topological polar surface area (TPSA) is 92.3 Å². The minimum Gasteiger partial charge on any atom is -0.372 e. The van der Waals surface area contributed by atoms with Gasteiger partial charge in [-0.2, -0.15) is 0 Å². The van der Waals surface area contributed by atoms with Crippen molar-refractivity contribution >= 4 is 32.5 Å². The van der Waals surface area contributed by atoms with Crippen molar-refractivity contribution in [3.63, 3.8) is 0 Å². The third-order valence-corrected chi connectivity index (χ3v) is 9.30. The molecule has 0 saturated heterocycles. The molecule has 0 radical (unpaired) electrons. The quantitative estimate of drug-likeness (QED) is 0.320. The van der Waals surface area contributed by atoms with E-state index in [9.17, 15) is 18.0 Å². The van der Waals surface area contributed by atoms with Crippen LogP contribution in [0.25, 0.3) is 33.2 Å². The van der Waals surface area contributed by atoms with E-state index in [1.165, 1.54) is 33.4 Å². The Hall–Kier alpha value is -3.92. The number of fused-ring (bicyclic) bond motifs is 2. The summed E-state index contributed by atoms with van der Waals surface area (Å²) >= 11 is 6.56. The average Bonchev–Trinajstić information content (AvgIpc) is 3.52. The highest BCUT2D eigenvalue weighted by molar-refractivity contribution is 7.90. The summed E-state index contributed by atoms with van der Waals surface area (Å²) < 4.78 is 36.8. The third-order valence-electron chi connectivity index (χ3n) is 7.20. The summed E-state index contributed by atoms with van der Waals surface area (Å²) in [6.45, 7) is 2.80. The molecular weight excluding hydrogens is 538 g/mol. The van der Waals surface area contributed by atoms with Crippen molar-refractivity contribution in [1.82, 2.24) is 13.1 Å². The van der Waals surface area contributed by atoms with Crippen LogP contribution in [0.3, 0.4) is 0 Å². The first kappa shape index (κ1) is 25.4. The molecule has 10 heteroatoms. The summed E-state index contributed by atoms with van der Waals surface area (Å²) in [6, 6.07) is 15.2. The molecule has 3 aromatic heterocycles. The van der Waals surface area contributed by atoms with Gasteiger partial charge in [0.2, 0.25) is 0 Å². The molecule has 0 atom stereocenters. The highest BCUT2D eigenvalue weighted by Crippen LogP contribution is 2.40. The van der Waals surface area contributed by atoms with E-state index in [-0.39, 0.29) is 21.1 Å². The van der Waals surface area contributed by atoms with Crippen LogP contribution in [0.2, 0.25) is 5.15 Å².